The minimum absolute atomic E-state index is 0.0996. The molecular formula is C18H19FN2O3. The van der Waals surface area contributed by atoms with Crippen molar-refractivity contribution in [1.82, 2.24) is 10.6 Å². The van der Waals surface area contributed by atoms with Crippen LogP contribution in [0.3, 0.4) is 0 Å². The fourth-order valence-electron chi connectivity index (χ4n) is 2.02. The Bertz CT molecular complexity index is 702. The van der Waals surface area contributed by atoms with E-state index in [9.17, 15) is 14.0 Å². The van der Waals surface area contributed by atoms with E-state index in [1.54, 1.807) is 43.4 Å². The number of rotatable bonds is 7. The molecule has 0 aliphatic carbocycles. The van der Waals surface area contributed by atoms with E-state index >= 15 is 0 Å². The molecule has 2 amide bonds. The Morgan fingerprint density at radius 3 is 2.46 bits per heavy atom. The molecule has 24 heavy (non-hydrogen) atoms. The van der Waals surface area contributed by atoms with Crippen molar-refractivity contribution in [2.45, 2.75) is 13.0 Å². The van der Waals surface area contributed by atoms with Crippen molar-refractivity contribution in [3.63, 3.8) is 0 Å². The summed E-state index contributed by atoms with van der Waals surface area (Å²) in [5.74, 6) is -0.665. The molecule has 0 aromatic heterocycles. The van der Waals surface area contributed by atoms with E-state index in [1.165, 1.54) is 12.1 Å². The van der Waals surface area contributed by atoms with Gasteiger partial charge in [-0.15, -0.1) is 0 Å². The second kappa shape index (κ2) is 8.67. The molecule has 2 aromatic carbocycles. The van der Waals surface area contributed by atoms with Crippen LogP contribution in [0.15, 0.2) is 48.5 Å². The van der Waals surface area contributed by atoms with Gasteiger partial charge in [-0.25, -0.2) is 4.39 Å². The predicted octanol–water partition coefficient (Wildman–Crippen LogP) is 2.27. The van der Waals surface area contributed by atoms with Crippen LogP contribution < -0.4 is 15.4 Å². The molecular weight excluding hydrogens is 311 g/mol. The highest BCUT2D eigenvalue weighted by Crippen LogP contribution is 2.15. The van der Waals surface area contributed by atoms with E-state index in [1.807, 2.05) is 0 Å². The number of amides is 2. The third-order valence-corrected chi connectivity index (χ3v) is 3.36. The molecule has 126 valence electrons. The molecule has 0 bridgehead atoms. The van der Waals surface area contributed by atoms with Gasteiger partial charge in [-0.2, -0.15) is 0 Å². The summed E-state index contributed by atoms with van der Waals surface area (Å²) >= 11 is 0. The summed E-state index contributed by atoms with van der Waals surface area (Å²) in [5, 5.41) is 5.29. The highest BCUT2D eigenvalue weighted by molar-refractivity contribution is 5.93. The zero-order valence-electron chi connectivity index (χ0n) is 13.3. The van der Waals surface area contributed by atoms with Gasteiger partial charge in [0.2, 0.25) is 5.91 Å². The number of hydrogen-bond donors (Lipinski definition) is 2. The van der Waals surface area contributed by atoms with Crippen LogP contribution in [-0.4, -0.2) is 25.5 Å². The van der Waals surface area contributed by atoms with Crippen molar-refractivity contribution in [2.75, 3.05) is 13.7 Å². The van der Waals surface area contributed by atoms with Crippen molar-refractivity contribution in [1.29, 1.82) is 0 Å². The summed E-state index contributed by atoms with van der Waals surface area (Å²) in [6.45, 7) is 0.453. The molecule has 0 aliphatic heterocycles. The van der Waals surface area contributed by atoms with Crippen LogP contribution in [0, 0.1) is 5.82 Å². The summed E-state index contributed by atoms with van der Waals surface area (Å²) in [4.78, 5) is 23.2. The maximum absolute atomic E-state index is 13.3. The molecule has 0 radical (unpaired) electrons. The molecule has 2 N–H and O–H groups in total. The van der Waals surface area contributed by atoms with E-state index in [0.29, 0.717) is 12.1 Å². The first-order chi connectivity index (χ1) is 11.6. The van der Waals surface area contributed by atoms with Crippen LogP contribution in [0.5, 0.6) is 5.75 Å². The third kappa shape index (κ3) is 5.08. The van der Waals surface area contributed by atoms with Gasteiger partial charge >= 0.3 is 0 Å². The Kier molecular flexibility index (Phi) is 6.31. The van der Waals surface area contributed by atoms with Gasteiger partial charge in [0.25, 0.3) is 5.91 Å². The standard InChI is InChI=1S/C18H19FN2O3/c1-20-18(23)14-8-6-13(7-9-14)12-21-17(22)10-11-24-16-5-3-2-4-15(16)19/h2-9H,10-12H2,1H3,(H,20,23)(H,21,22). The molecule has 0 heterocycles. The van der Waals surface area contributed by atoms with Crippen LogP contribution in [0.25, 0.3) is 0 Å². The maximum atomic E-state index is 13.3. The summed E-state index contributed by atoms with van der Waals surface area (Å²) in [7, 11) is 1.57. The lowest BCUT2D eigenvalue weighted by Crippen LogP contribution is -2.24. The van der Waals surface area contributed by atoms with Crippen LogP contribution >= 0.6 is 0 Å². The molecule has 0 unspecified atom stereocenters. The van der Waals surface area contributed by atoms with E-state index in [0.717, 1.165) is 5.56 Å². The lowest BCUT2D eigenvalue weighted by atomic mass is 10.1. The summed E-state index contributed by atoms with van der Waals surface area (Å²) in [5.41, 5.74) is 1.44. The molecule has 0 saturated carbocycles. The molecule has 2 rings (SSSR count). The van der Waals surface area contributed by atoms with E-state index in [4.69, 9.17) is 4.74 Å². The monoisotopic (exact) mass is 330 g/mol. The van der Waals surface area contributed by atoms with Gasteiger partial charge in [0, 0.05) is 19.2 Å². The zero-order chi connectivity index (χ0) is 17.4. The number of halogens is 1. The first-order valence-corrected chi connectivity index (χ1v) is 7.55. The van der Waals surface area contributed by atoms with Gasteiger partial charge < -0.3 is 15.4 Å². The third-order valence-electron chi connectivity index (χ3n) is 3.36. The Morgan fingerprint density at radius 2 is 1.79 bits per heavy atom. The minimum atomic E-state index is -0.450. The summed E-state index contributed by atoms with van der Waals surface area (Å²) in [6, 6.07) is 13.0. The lowest BCUT2D eigenvalue weighted by Gasteiger charge is -2.08. The number of benzene rings is 2. The quantitative estimate of drug-likeness (QED) is 0.818. The first-order valence-electron chi connectivity index (χ1n) is 7.55. The molecule has 5 nitrogen and oxygen atoms in total. The highest BCUT2D eigenvalue weighted by Gasteiger charge is 2.06. The van der Waals surface area contributed by atoms with Gasteiger partial charge in [0.1, 0.15) is 0 Å². The molecule has 6 heteroatoms. The van der Waals surface area contributed by atoms with Crippen LogP contribution in [0.2, 0.25) is 0 Å². The number of carbonyl (C=O) groups is 2. The number of nitrogens with one attached hydrogen (secondary N) is 2. The molecule has 2 aromatic rings. The Labute approximate surface area is 139 Å². The normalized spacial score (nSPS) is 10.1. The van der Waals surface area contributed by atoms with Crippen molar-refractivity contribution in [2.24, 2.45) is 0 Å². The lowest BCUT2D eigenvalue weighted by molar-refractivity contribution is -0.121. The van der Waals surface area contributed by atoms with E-state index < -0.39 is 5.82 Å². The topological polar surface area (TPSA) is 67.4 Å². The average molecular weight is 330 g/mol. The second-order valence-electron chi connectivity index (χ2n) is 5.08. The zero-order valence-corrected chi connectivity index (χ0v) is 13.3. The number of para-hydroxylation sites is 1. The maximum Gasteiger partial charge on any atom is 0.251 e. The number of hydrogen-bond acceptors (Lipinski definition) is 3. The van der Waals surface area contributed by atoms with Crippen molar-refractivity contribution < 1.29 is 18.7 Å². The molecule has 0 spiro atoms. The summed E-state index contributed by atoms with van der Waals surface area (Å²) < 4.78 is 18.6. The van der Waals surface area contributed by atoms with Crippen molar-refractivity contribution in [3.05, 3.63) is 65.5 Å². The Morgan fingerprint density at radius 1 is 1.08 bits per heavy atom. The van der Waals surface area contributed by atoms with Crippen molar-refractivity contribution in [3.8, 4) is 5.75 Å². The van der Waals surface area contributed by atoms with Gasteiger partial charge in [-0.05, 0) is 29.8 Å². The van der Waals surface area contributed by atoms with Crippen LogP contribution in [0.1, 0.15) is 22.3 Å². The highest BCUT2D eigenvalue weighted by atomic mass is 19.1. The predicted molar refractivity (Wildman–Crippen MR) is 88.2 cm³/mol. The fourth-order valence-corrected chi connectivity index (χ4v) is 2.02. The van der Waals surface area contributed by atoms with Gasteiger partial charge in [0.15, 0.2) is 11.6 Å². The average Bonchev–Trinajstić information content (AvgIpc) is 2.61. The summed E-state index contributed by atoms with van der Waals surface area (Å²) in [6.07, 6.45) is 0.130. The van der Waals surface area contributed by atoms with Gasteiger partial charge in [-0.1, -0.05) is 24.3 Å². The minimum Gasteiger partial charge on any atom is -0.490 e. The molecule has 0 aliphatic rings. The van der Waals surface area contributed by atoms with Crippen molar-refractivity contribution >= 4 is 11.8 Å². The number of carbonyl (C=O) groups excluding carboxylic acids is 2. The van der Waals surface area contributed by atoms with Gasteiger partial charge in [0.05, 0.1) is 13.0 Å². The first kappa shape index (κ1) is 17.5. The Hall–Kier alpha value is -2.89. The fraction of sp³-hybridized carbons (Fsp3) is 0.222. The SMILES string of the molecule is CNC(=O)c1ccc(CNC(=O)CCOc2ccccc2F)cc1. The van der Waals surface area contributed by atoms with E-state index in [-0.39, 0.29) is 30.6 Å². The van der Waals surface area contributed by atoms with Gasteiger partial charge in [-0.3, -0.25) is 9.59 Å². The van der Waals surface area contributed by atoms with Crippen LogP contribution in [-0.2, 0) is 11.3 Å². The molecule has 0 fully saturated rings. The Balaban J connectivity index is 1.73. The molecule has 0 saturated heterocycles. The molecule has 0 atom stereocenters. The van der Waals surface area contributed by atoms with Crippen LogP contribution in [0.4, 0.5) is 4.39 Å². The van der Waals surface area contributed by atoms with E-state index in [2.05, 4.69) is 10.6 Å². The largest absolute Gasteiger partial charge is 0.490 e. The number of ether oxygens (including phenoxy) is 1. The smallest absolute Gasteiger partial charge is 0.251 e. The second-order valence-corrected chi connectivity index (χ2v) is 5.08.